The van der Waals surface area contributed by atoms with Crippen LogP contribution in [0.15, 0.2) is 36.8 Å². The van der Waals surface area contributed by atoms with Crippen LogP contribution < -0.4 is 14.5 Å². The fourth-order valence-electron chi connectivity index (χ4n) is 6.27. The van der Waals surface area contributed by atoms with Gasteiger partial charge in [-0.2, -0.15) is 0 Å². The number of ether oxygens (including phenoxy) is 7. The number of methoxy groups -OCH3 is 1. The van der Waals surface area contributed by atoms with Crippen LogP contribution in [0.1, 0.15) is 42.9 Å². The van der Waals surface area contributed by atoms with Gasteiger partial charge in [-0.05, 0) is 12.1 Å². The molecule has 0 amide bonds. The first kappa shape index (κ1) is 40.3. The predicted octanol–water partition coefficient (Wildman–Crippen LogP) is 3.01. The molecular formula is C37H43N7O11S. The molecule has 4 aromatic rings. The number of pyridine rings is 1. The summed E-state index contributed by atoms with van der Waals surface area (Å²) >= 11 is 1.59. The average Bonchev–Trinajstić information content (AvgIpc) is 3.60. The van der Waals surface area contributed by atoms with E-state index in [2.05, 4.69) is 19.9 Å². The van der Waals surface area contributed by atoms with Crippen LogP contribution in [0.5, 0.6) is 5.88 Å². The molecule has 2 aliphatic heterocycles. The van der Waals surface area contributed by atoms with E-state index in [9.17, 15) is 19.2 Å². The molecule has 2 fully saturated rings. The number of esters is 3. The molecule has 0 aromatic carbocycles. The monoisotopic (exact) mass is 793 g/mol. The standard InChI is InChI=1S/C37H43N7O11S/c1-20-31(53-22(3)46)32(54-23(4)47)29(19-51-21(2)45)55-36(20)52-18-28(48)25-15-39-37(40-16-25)43(5)17-26-13-27-33(56-26)35(44-9-11-50-12-10-44)42-34(41-27)24-7-8-30(49-6)38-14-24/h7-8,13-16,20,29,31-32,36H,9-12,17-19H2,1-6H3/t20-,29-,31-,32+,36-/m1/s1. The third-order valence-electron chi connectivity index (χ3n) is 8.99. The predicted molar refractivity (Wildman–Crippen MR) is 200 cm³/mol. The summed E-state index contributed by atoms with van der Waals surface area (Å²) in [7, 11) is 3.42. The molecule has 0 aliphatic carbocycles. The van der Waals surface area contributed by atoms with E-state index >= 15 is 0 Å². The number of rotatable bonds is 14. The Labute approximate surface area is 326 Å². The van der Waals surface area contributed by atoms with Gasteiger partial charge in [0.05, 0.1) is 42.6 Å². The van der Waals surface area contributed by atoms with E-state index < -0.39 is 60.8 Å². The van der Waals surface area contributed by atoms with E-state index in [1.165, 1.54) is 33.2 Å². The Kier molecular flexibility index (Phi) is 13.0. The van der Waals surface area contributed by atoms with Gasteiger partial charge in [-0.25, -0.2) is 24.9 Å². The van der Waals surface area contributed by atoms with Gasteiger partial charge in [0.25, 0.3) is 0 Å². The maximum atomic E-state index is 13.2. The van der Waals surface area contributed by atoms with Crippen LogP contribution in [0.3, 0.4) is 0 Å². The minimum absolute atomic E-state index is 0.198. The number of nitrogens with zero attached hydrogens (tertiary/aromatic N) is 7. The zero-order valence-corrected chi connectivity index (χ0v) is 32.6. The van der Waals surface area contributed by atoms with E-state index in [1.807, 2.05) is 24.1 Å². The molecule has 6 rings (SSSR count). The fourth-order valence-corrected chi connectivity index (χ4v) is 7.43. The first-order valence-electron chi connectivity index (χ1n) is 17.8. The molecule has 4 aromatic heterocycles. The van der Waals surface area contributed by atoms with Crippen molar-refractivity contribution in [2.24, 2.45) is 5.92 Å². The molecule has 19 heteroatoms. The Morgan fingerprint density at radius 1 is 0.946 bits per heavy atom. The molecule has 0 spiro atoms. The minimum Gasteiger partial charge on any atom is -0.481 e. The molecule has 2 aliphatic rings. The quantitative estimate of drug-likeness (QED) is 0.102. The third-order valence-corrected chi connectivity index (χ3v) is 10.1. The first-order valence-corrected chi connectivity index (χ1v) is 18.7. The van der Waals surface area contributed by atoms with Crippen molar-refractivity contribution in [3.05, 3.63) is 47.2 Å². The van der Waals surface area contributed by atoms with Crippen LogP contribution in [0.2, 0.25) is 0 Å². The number of hydrogen-bond acceptors (Lipinski definition) is 19. The van der Waals surface area contributed by atoms with E-state index in [4.69, 9.17) is 43.1 Å². The second-order valence-electron chi connectivity index (χ2n) is 13.2. The molecule has 5 atom stereocenters. The molecule has 0 unspecified atom stereocenters. The summed E-state index contributed by atoms with van der Waals surface area (Å²) in [6.45, 7) is 7.64. The third kappa shape index (κ3) is 9.70. The van der Waals surface area contributed by atoms with Crippen LogP contribution in [-0.2, 0) is 49.3 Å². The van der Waals surface area contributed by atoms with Gasteiger partial charge in [0.15, 0.2) is 29.8 Å². The Morgan fingerprint density at radius 3 is 2.30 bits per heavy atom. The number of carbonyl (C=O) groups excluding carboxylic acids is 4. The highest BCUT2D eigenvalue weighted by atomic mass is 32.1. The summed E-state index contributed by atoms with van der Waals surface area (Å²) in [4.78, 5) is 76.8. The summed E-state index contributed by atoms with van der Waals surface area (Å²) < 4.78 is 39.6. The van der Waals surface area contributed by atoms with Gasteiger partial charge < -0.3 is 43.0 Å². The van der Waals surface area contributed by atoms with Crippen molar-refractivity contribution in [2.75, 3.05) is 63.5 Å². The maximum absolute atomic E-state index is 13.2. The smallest absolute Gasteiger partial charge is 0.303 e. The number of anilines is 2. The van der Waals surface area contributed by atoms with Crippen molar-refractivity contribution < 1.29 is 52.3 Å². The number of Topliss-reactive ketones (excluding diaryl/α,β-unsaturated/α-hetero) is 1. The number of hydrogen-bond donors (Lipinski definition) is 0. The second-order valence-corrected chi connectivity index (χ2v) is 14.3. The molecule has 2 saturated heterocycles. The lowest BCUT2D eigenvalue weighted by Gasteiger charge is -2.43. The number of fused-ring (bicyclic) bond motifs is 1. The molecule has 0 radical (unpaired) electrons. The molecule has 6 heterocycles. The molecule has 18 nitrogen and oxygen atoms in total. The van der Waals surface area contributed by atoms with Gasteiger partial charge in [-0.15, -0.1) is 11.3 Å². The highest BCUT2D eigenvalue weighted by Gasteiger charge is 2.49. The maximum Gasteiger partial charge on any atom is 0.303 e. The summed E-state index contributed by atoms with van der Waals surface area (Å²) in [6, 6.07) is 5.69. The SMILES string of the molecule is COc1ccc(-c2nc(N3CCOCC3)c3sc(CN(C)c4ncc(C(=O)CO[C@@H]5O[C@H](COC(C)=O)[C@H](OC(C)=O)[C@H](OC(C)=O)[C@H]5C)cn4)cc3n2)cn1. The summed E-state index contributed by atoms with van der Waals surface area (Å²) in [5, 5.41) is 0. The molecule has 298 valence electrons. The number of ketones is 1. The number of morpholine rings is 1. The lowest BCUT2D eigenvalue weighted by molar-refractivity contribution is -0.286. The molecule has 0 bridgehead atoms. The van der Waals surface area contributed by atoms with Crippen LogP contribution in [0.4, 0.5) is 11.8 Å². The van der Waals surface area contributed by atoms with Gasteiger partial charge in [-0.3, -0.25) is 19.2 Å². The van der Waals surface area contributed by atoms with Crippen molar-refractivity contribution in [3.63, 3.8) is 0 Å². The van der Waals surface area contributed by atoms with Gasteiger partial charge >= 0.3 is 17.9 Å². The lowest BCUT2D eigenvalue weighted by atomic mass is 9.92. The summed E-state index contributed by atoms with van der Waals surface area (Å²) in [5.41, 5.74) is 1.77. The number of thiophene rings is 1. The zero-order chi connectivity index (χ0) is 39.9. The van der Waals surface area contributed by atoms with E-state index in [0.29, 0.717) is 50.5 Å². The van der Waals surface area contributed by atoms with E-state index in [-0.39, 0.29) is 12.2 Å². The summed E-state index contributed by atoms with van der Waals surface area (Å²) in [6.07, 6.45) is 0.323. The molecular weight excluding hydrogens is 751 g/mol. The Morgan fingerprint density at radius 2 is 1.66 bits per heavy atom. The van der Waals surface area contributed by atoms with Crippen LogP contribution in [-0.4, -0.2) is 127 Å². The van der Waals surface area contributed by atoms with Crippen molar-refractivity contribution in [2.45, 2.75) is 58.8 Å². The zero-order valence-electron chi connectivity index (χ0n) is 31.8. The molecule has 56 heavy (non-hydrogen) atoms. The van der Waals surface area contributed by atoms with Crippen LogP contribution >= 0.6 is 11.3 Å². The number of aromatic nitrogens is 5. The first-order chi connectivity index (χ1) is 26.9. The second kappa shape index (κ2) is 18.1. The molecule has 0 N–H and O–H groups in total. The van der Waals surface area contributed by atoms with E-state index in [1.54, 1.807) is 37.6 Å². The lowest BCUT2D eigenvalue weighted by Crippen LogP contribution is -2.58. The van der Waals surface area contributed by atoms with Crippen molar-refractivity contribution in [1.82, 2.24) is 24.9 Å². The van der Waals surface area contributed by atoms with Crippen LogP contribution in [0, 0.1) is 5.92 Å². The van der Waals surface area contributed by atoms with Gasteiger partial charge in [0, 0.05) is 81.9 Å². The highest BCUT2D eigenvalue weighted by Crippen LogP contribution is 2.36. The normalized spacial score (nSPS) is 21.0. The van der Waals surface area contributed by atoms with E-state index in [0.717, 1.165) is 26.5 Å². The minimum atomic E-state index is -1.08. The van der Waals surface area contributed by atoms with Gasteiger partial charge in [0.2, 0.25) is 11.8 Å². The average molecular weight is 794 g/mol. The summed E-state index contributed by atoms with van der Waals surface area (Å²) in [5.74, 6) is -0.681. The Balaban J connectivity index is 1.13. The van der Waals surface area contributed by atoms with Crippen molar-refractivity contribution in [1.29, 1.82) is 0 Å². The van der Waals surface area contributed by atoms with Crippen molar-refractivity contribution in [3.8, 4) is 17.3 Å². The van der Waals surface area contributed by atoms with Crippen molar-refractivity contribution >= 4 is 57.0 Å². The Hall–Kier alpha value is -5.37. The molecule has 0 saturated carbocycles. The number of carbonyl (C=O) groups is 4. The Bertz CT molecular complexity index is 2030. The topological polar surface area (TPSA) is 204 Å². The van der Waals surface area contributed by atoms with Gasteiger partial charge in [-0.1, -0.05) is 6.92 Å². The van der Waals surface area contributed by atoms with Crippen LogP contribution in [0.25, 0.3) is 21.6 Å². The van der Waals surface area contributed by atoms with Gasteiger partial charge in [0.1, 0.15) is 25.4 Å². The highest BCUT2D eigenvalue weighted by molar-refractivity contribution is 7.19. The fraction of sp³-hybridized carbons (Fsp3) is 0.486. The largest absolute Gasteiger partial charge is 0.481 e.